The van der Waals surface area contributed by atoms with Gasteiger partial charge in [-0.25, -0.2) is 0 Å². The quantitative estimate of drug-likeness (QED) is 0.444. The van der Waals surface area contributed by atoms with Gasteiger partial charge in [0.15, 0.2) is 0 Å². The third-order valence-electron chi connectivity index (χ3n) is 3.56. The molecule has 0 aromatic carbocycles. The van der Waals surface area contributed by atoms with Gasteiger partial charge in [-0.3, -0.25) is 9.36 Å². The fourth-order valence-electron chi connectivity index (χ4n) is 2.33. The molecule has 9 nitrogen and oxygen atoms in total. The molecule has 0 radical (unpaired) electrons. The van der Waals surface area contributed by atoms with Crippen LogP contribution in [-0.2, 0) is 23.1 Å². The van der Waals surface area contributed by atoms with Crippen LogP contribution in [0.5, 0.6) is 0 Å². The van der Waals surface area contributed by atoms with E-state index in [1.54, 1.807) is 0 Å². The Balaban J connectivity index is 2.87. The standard InChI is InChI=1S/C13H24NO8P/c1-8(16)14-11-9(5-4-6-23(19,20-2)21-3)22-10(7-15)12(17)13(11)18/h4,6,9-13,15,17-18H,5,7H2,1-3H3,(H,14,16)/b6-4+/t9-,10-,11+,12-,13-/m1/s1. The fraction of sp³-hybridized carbons (Fsp3) is 0.769. The zero-order valence-electron chi connectivity index (χ0n) is 13.3. The Labute approximate surface area is 134 Å². The maximum absolute atomic E-state index is 11.9. The summed E-state index contributed by atoms with van der Waals surface area (Å²) >= 11 is 0. The second kappa shape index (κ2) is 8.89. The molecule has 10 heteroatoms. The molecule has 1 heterocycles. The minimum Gasteiger partial charge on any atom is -0.394 e. The third-order valence-corrected chi connectivity index (χ3v) is 5.16. The average molecular weight is 353 g/mol. The van der Waals surface area contributed by atoms with Gasteiger partial charge >= 0.3 is 7.60 Å². The van der Waals surface area contributed by atoms with Crippen molar-refractivity contribution >= 4 is 13.5 Å². The molecule has 4 N–H and O–H groups in total. The number of rotatable bonds is 7. The number of carbonyl (C=O) groups excluding carboxylic acids is 1. The number of amides is 1. The Morgan fingerprint density at radius 2 is 1.87 bits per heavy atom. The molecule has 1 fully saturated rings. The van der Waals surface area contributed by atoms with E-state index in [4.69, 9.17) is 13.8 Å². The Morgan fingerprint density at radius 3 is 2.35 bits per heavy atom. The molecular weight excluding hydrogens is 329 g/mol. The van der Waals surface area contributed by atoms with Crippen molar-refractivity contribution in [1.82, 2.24) is 5.32 Å². The number of carbonyl (C=O) groups is 1. The predicted molar refractivity (Wildman–Crippen MR) is 80.7 cm³/mol. The average Bonchev–Trinajstić information content (AvgIpc) is 2.53. The van der Waals surface area contributed by atoms with Crippen LogP contribution in [0.25, 0.3) is 0 Å². The van der Waals surface area contributed by atoms with E-state index in [0.717, 1.165) is 0 Å². The Morgan fingerprint density at radius 1 is 1.26 bits per heavy atom. The third kappa shape index (κ3) is 5.36. The highest BCUT2D eigenvalue weighted by Gasteiger charge is 2.44. The normalized spacial score (nSPS) is 32.2. The number of aliphatic hydroxyl groups is 3. The minimum absolute atomic E-state index is 0.155. The number of aliphatic hydroxyl groups excluding tert-OH is 3. The molecule has 0 saturated carbocycles. The Kier molecular flexibility index (Phi) is 7.82. The van der Waals surface area contributed by atoms with Gasteiger partial charge in [-0.05, 0) is 6.42 Å². The number of nitrogens with one attached hydrogen (secondary N) is 1. The van der Waals surface area contributed by atoms with Crippen molar-refractivity contribution in [3.8, 4) is 0 Å². The molecule has 0 unspecified atom stereocenters. The van der Waals surface area contributed by atoms with Gasteiger partial charge in [0.25, 0.3) is 0 Å². The maximum Gasteiger partial charge on any atom is 0.353 e. The molecule has 0 aromatic rings. The van der Waals surface area contributed by atoms with Crippen LogP contribution in [0.2, 0.25) is 0 Å². The van der Waals surface area contributed by atoms with Crippen LogP contribution in [0, 0.1) is 0 Å². The van der Waals surface area contributed by atoms with E-state index in [-0.39, 0.29) is 6.42 Å². The summed E-state index contributed by atoms with van der Waals surface area (Å²) in [6, 6.07) is -0.876. The molecule has 1 amide bonds. The summed E-state index contributed by atoms with van der Waals surface area (Å²) in [6.07, 6.45) is -2.72. The van der Waals surface area contributed by atoms with Crippen molar-refractivity contribution in [2.24, 2.45) is 0 Å². The van der Waals surface area contributed by atoms with Crippen LogP contribution in [0.3, 0.4) is 0 Å². The molecule has 23 heavy (non-hydrogen) atoms. The van der Waals surface area contributed by atoms with Crippen molar-refractivity contribution in [2.45, 2.75) is 43.8 Å². The lowest BCUT2D eigenvalue weighted by Gasteiger charge is -2.42. The largest absolute Gasteiger partial charge is 0.394 e. The molecule has 0 spiro atoms. The molecule has 0 aromatic heterocycles. The maximum atomic E-state index is 11.9. The lowest BCUT2D eigenvalue weighted by molar-refractivity contribution is -0.194. The first kappa shape index (κ1) is 20.2. The number of hydrogen-bond donors (Lipinski definition) is 4. The lowest BCUT2D eigenvalue weighted by Crippen LogP contribution is -2.63. The van der Waals surface area contributed by atoms with Crippen LogP contribution in [-0.4, -0.2) is 72.5 Å². The predicted octanol–water partition coefficient (Wildman–Crippen LogP) is -0.638. The molecular formula is C13H24NO8P. The van der Waals surface area contributed by atoms with Crippen LogP contribution in [0.4, 0.5) is 0 Å². The van der Waals surface area contributed by atoms with Crippen LogP contribution >= 0.6 is 7.60 Å². The van der Waals surface area contributed by atoms with E-state index in [1.807, 2.05) is 0 Å². The van der Waals surface area contributed by atoms with Crippen molar-refractivity contribution < 1.29 is 38.5 Å². The summed E-state index contributed by atoms with van der Waals surface area (Å²) in [5.74, 6) is 0.841. The highest BCUT2D eigenvalue weighted by atomic mass is 31.2. The summed E-state index contributed by atoms with van der Waals surface area (Å²) in [5, 5.41) is 31.7. The fourth-order valence-corrected chi connectivity index (χ4v) is 3.10. The van der Waals surface area contributed by atoms with Crippen molar-refractivity contribution in [3.63, 3.8) is 0 Å². The summed E-state index contributed by atoms with van der Waals surface area (Å²) in [7, 11) is -0.843. The highest BCUT2D eigenvalue weighted by molar-refractivity contribution is 7.57. The lowest BCUT2D eigenvalue weighted by atomic mass is 9.91. The van der Waals surface area contributed by atoms with E-state index >= 15 is 0 Å². The van der Waals surface area contributed by atoms with E-state index in [9.17, 15) is 24.7 Å². The van der Waals surface area contributed by atoms with Crippen LogP contribution < -0.4 is 5.32 Å². The van der Waals surface area contributed by atoms with Crippen molar-refractivity contribution in [3.05, 3.63) is 11.9 Å². The van der Waals surface area contributed by atoms with Gasteiger partial charge in [-0.15, -0.1) is 0 Å². The van der Waals surface area contributed by atoms with E-state index < -0.39 is 50.6 Å². The molecule has 0 aliphatic carbocycles. The van der Waals surface area contributed by atoms with Gasteiger partial charge in [-0.2, -0.15) is 0 Å². The highest BCUT2D eigenvalue weighted by Crippen LogP contribution is 2.48. The van der Waals surface area contributed by atoms with E-state index in [2.05, 4.69) is 5.32 Å². The molecule has 134 valence electrons. The number of hydrogen-bond acceptors (Lipinski definition) is 8. The Bertz CT molecular complexity index is 463. The first-order chi connectivity index (χ1) is 10.8. The molecule has 0 bridgehead atoms. The van der Waals surface area contributed by atoms with Crippen molar-refractivity contribution in [2.75, 3.05) is 20.8 Å². The Hall–Kier alpha value is -0.800. The zero-order chi connectivity index (χ0) is 17.6. The van der Waals surface area contributed by atoms with E-state index in [0.29, 0.717) is 0 Å². The van der Waals surface area contributed by atoms with E-state index in [1.165, 1.54) is 33.0 Å². The van der Waals surface area contributed by atoms with Crippen LogP contribution in [0.1, 0.15) is 13.3 Å². The van der Waals surface area contributed by atoms with Gasteiger partial charge in [0, 0.05) is 27.0 Å². The molecule has 1 rings (SSSR count). The summed E-state index contributed by atoms with van der Waals surface area (Å²) in [5.41, 5.74) is 0. The molecule has 1 saturated heterocycles. The van der Waals surface area contributed by atoms with Gasteiger partial charge in [0.05, 0.1) is 18.8 Å². The summed E-state index contributed by atoms with van der Waals surface area (Å²) in [6.45, 7) is 0.786. The first-order valence-electron chi connectivity index (χ1n) is 7.06. The summed E-state index contributed by atoms with van der Waals surface area (Å²) < 4.78 is 26.9. The topological polar surface area (TPSA) is 135 Å². The summed E-state index contributed by atoms with van der Waals surface area (Å²) in [4.78, 5) is 11.3. The zero-order valence-corrected chi connectivity index (χ0v) is 14.2. The monoisotopic (exact) mass is 353 g/mol. The molecule has 5 atom stereocenters. The number of ether oxygens (including phenoxy) is 1. The second-order valence-corrected chi connectivity index (χ2v) is 7.24. The SMILES string of the molecule is COP(=O)(/C=C/C[C@H]1O[C@H](CO)[C@@H](O)[C@H](O)[C@H]1NC(C)=O)OC. The smallest absolute Gasteiger partial charge is 0.353 e. The van der Waals surface area contributed by atoms with Gasteiger partial charge in [-0.1, -0.05) is 6.08 Å². The van der Waals surface area contributed by atoms with Gasteiger partial charge in [0.1, 0.15) is 18.3 Å². The minimum atomic E-state index is -3.33. The van der Waals surface area contributed by atoms with Crippen LogP contribution in [0.15, 0.2) is 11.9 Å². The van der Waals surface area contributed by atoms with Gasteiger partial charge in [0.2, 0.25) is 5.91 Å². The van der Waals surface area contributed by atoms with Crippen molar-refractivity contribution in [1.29, 1.82) is 0 Å². The molecule has 1 aliphatic rings. The molecule has 1 aliphatic heterocycles. The first-order valence-corrected chi connectivity index (χ1v) is 8.67. The van der Waals surface area contributed by atoms with Gasteiger partial charge < -0.3 is 34.4 Å². The second-order valence-electron chi connectivity index (χ2n) is 5.13.